The molecule has 2 N–H and O–H groups in total. The van der Waals surface area contributed by atoms with E-state index in [9.17, 15) is 4.79 Å². The zero-order valence-electron chi connectivity index (χ0n) is 9.77. The molecule has 0 amide bonds. The maximum atomic E-state index is 10.8. The minimum Gasteiger partial charge on any atom is -0.496 e. The molecule has 0 aliphatic carbocycles. The van der Waals surface area contributed by atoms with Gasteiger partial charge in [0.25, 0.3) is 0 Å². The summed E-state index contributed by atoms with van der Waals surface area (Å²) in [6.45, 7) is 1.98. The Morgan fingerprint density at radius 2 is 2.35 bits per heavy atom. The highest BCUT2D eigenvalue weighted by Gasteiger charge is 2.30. The maximum absolute atomic E-state index is 10.8. The van der Waals surface area contributed by atoms with Crippen molar-refractivity contribution < 1.29 is 14.6 Å². The highest BCUT2D eigenvalue weighted by atomic mass is 32.2. The molecule has 17 heavy (non-hydrogen) atoms. The summed E-state index contributed by atoms with van der Waals surface area (Å²) in [6.07, 6.45) is 0. The Balaban J connectivity index is 2.14. The number of ether oxygens (including phenoxy) is 1. The van der Waals surface area contributed by atoms with E-state index >= 15 is 0 Å². The van der Waals surface area contributed by atoms with Crippen LogP contribution < -0.4 is 10.1 Å². The van der Waals surface area contributed by atoms with Crippen molar-refractivity contribution in [2.24, 2.45) is 0 Å². The standard InChI is InChI=1S/C12H15NO3S/c1-7-5-8(3-4-10(7)16-2)11-13-9(6-17-11)12(14)15/h3-5,9,11,13H,6H2,1-2H3,(H,14,15)/t9-,11?/m0/s1. The Kier molecular flexibility index (Phi) is 3.59. The zero-order valence-corrected chi connectivity index (χ0v) is 10.6. The van der Waals surface area contributed by atoms with E-state index in [0.717, 1.165) is 16.9 Å². The van der Waals surface area contributed by atoms with Crippen molar-refractivity contribution in [2.45, 2.75) is 18.3 Å². The lowest BCUT2D eigenvalue weighted by atomic mass is 10.1. The fourth-order valence-electron chi connectivity index (χ4n) is 1.87. The normalized spacial score (nSPS) is 23.6. The van der Waals surface area contributed by atoms with Crippen molar-refractivity contribution in [3.05, 3.63) is 29.3 Å². The molecule has 92 valence electrons. The molecule has 1 aromatic rings. The number of carboxylic acids is 1. The van der Waals surface area contributed by atoms with Crippen molar-refractivity contribution in [3.8, 4) is 5.75 Å². The molecule has 0 radical (unpaired) electrons. The Hall–Kier alpha value is -1.20. The smallest absolute Gasteiger partial charge is 0.321 e. The van der Waals surface area contributed by atoms with Crippen molar-refractivity contribution >= 4 is 17.7 Å². The average molecular weight is 253 g/mol. The highest BCUT2D eigenvalue weighted by molar-refractivity contribution is 7.99. The summed E-state index contributed by atoms with van der Waals surface area (Å²) in [5.74, 6) is 0.669. The second kappa shape index (κ2) is 4.98. The molecule has 0 aromatic heterocycles. The van der Waals surface area contributed by atoms with Crippen LogP contribution in [0.4, 0.5) is 0 Å². The minimum atomic E-state index is -0.787. The first-order valence-corrected chi connectivity index (χ1v) is 6.41. The van der Waals surface area contributed by atoms with E-state index in [1.165, 1.54) is 0 Å². The first-order valence-electron chi connectivity index (χ1n) is 5.37. The molecule has 1 aliphatic heterocycles. The number of aliphatic carboxylic acids is 1. The zero-order chi connectivity index (χ0) is 12.4. The van der Waals surface area contributed by atoms with Crippen LogP contribution in [-0.2, 0) is 4.79 Å². The lowest BCUT2D eigenvalue weighted by molar-refractivity contribution is -0.138. The number of thioether (sulfide) groups is 1. The fraction of sp³-hybridized carbons (Fsp3) is 0.417. The number of carboxylic acid groups (broad SMARTS) is 1. The summed E-state index contributed by atoms with van der Waals surface area (Å²) in [6, 6.07) is 5.47. The third-order valence-electron chi connectivity index (χ3n) is 2.80. The van der Waals surface area contributed by atoms with Gasteiger partial charge in [0.05, 0.1) is 12.5 Å². The molecule has 0 spiro atoms. The van der Waals surface area contributed by atoms with Gasteiger partial charge in [0.2, 0.25) is 0 Å². The molecular weight excluding hydrogens is 238 g/mol. The van der Waals surface area contributed by atoms with Gasteiger partial charge in [0.15, 0.2) is 0 Å². The molecule has 1 heterocycles. The molecule has 2 atom stereocenters. The number of hydrogen-bond donors (Lipinski definition) is 2. The Labute approximate surface area is 104 Å². The van der Waals surface area contributed by atoms with Crippen LogP contribution in [0.2, 0.25) is 0 Å². The maximum Gasteiger partial charge on any atom is 0.321 e. The number of methoxy groups -OCH3 is 1. The summed E-state index contributed by atoms with van der Waals surface area (Å²) < 4.78 is 5.20. The third-order valence-corrected chi connectivity index (χ3v) is 4.07. The number of carbonyl (C=O) groups is 1. The summed E-state index contributed by atoms with van der Waals surface area (Å²) in [5, 5.41) is 12.1. The predicted molar refractivity (Wildman–Crippen MR) is 67.5 cm³/mol. The number of benzene rings is 1. The molecule has 4 nitrogen and oxygen atoms in total. The van der Waals surface area contributed by atoms with E-state index in [4.69, 9.17) is 9.84 Å². The van der Waals surface area contributed by atoms with E-state index in [2.05, 4.69) is 5.32 Å². The summed E-state index contributed by atoms with van der Waals surface area (Å²) >= 11 is 1.62. The monoisotopic (exact) mass is 253 g/mol. The second-order valence-corrected chi connectivity index (χ2v) is 5.14. The molecule has 2 rings (SSSR count). The molecule has 1 unspecified atom stereocenters. The largest absolute Gasteiger partial charge is 0.496 e. The van der Waals surface area contributed by atoms with Gasteiger partial charge >= 0.3 is 5.97 Å². The van der Waals surface area contributed by atoms with Gasteiger partial charge in [0.1, 0.15) is 11.8 Å². The summed E-state index contributed by atoms with van der Waals surface area (Å²) in [7, 11) is 1.64. The quantitative estimate of drug-likeness (QED) is 0.860. The Morgan fingerprint density at radius 3 is 2.88 bits per heavy atom. The van der Waals surface area contributed by atoms with Crippen molar-refractivity contribution in [2.75, 3.05) is 12.9 Å². The van der Waals surface area contributed by atoms with Crippen LogP contribution in [0.25, 0.3) is 0 Å². The second-order valence-electron chi connectivity index (χ2n) is 4.00. The van der Waals surface area contributed by atoms with Crippen LogP contribution in [0.5, 0.6) is 5.75 Å². The SMILES string of the molecule is COc1ccc(C2N[C@H](C(=O)O)CS2)cc1C. The van der Waals surface area contributed by atoms with E-state index in [0.29, 0.717) is 5.75 Å². The van der Waals surface area contributed by atoms with Gasteiger partial charge in [0, 0.05) is 5.75 Å². The van der Waals surface area contributed by atoms with Gasteiger partial charge in [-0.1, -0.05) is 6.07 Å². The van der Waals surface area contributed by atoms with Gasteiger partial charge in [-0.25, -0.2) is 0 Å². The fourth-order valence-corrected chi connectivity index (χ4v) is 3.09. The van der Waals surface area contributed by atoms with E-state index in [-0.39, 0.29) is 5.37 Å². The molecule has 1 aliphatic rings. The first kappa shape index (κ1) is 12.3. The first-order chi connectivity index (χ1) is 8.11. The number of rotatable bonds is 3. The summed E-state index contributed by atoms with van der Waals surface area (Å²) in [5.41, 5.74) is 2.16. The Morgan fingerprint density at radius 1 is 1.59 bits per heavy atom. The van der Waals surface area contributed by atoms with Crippen LogP contribution in [0.15, 0.2) is 18.2 Å². The molecule has 5 heteroatoms. The van der Waals surface area contributed by atoms with Gasteiger partial charge in [-0.2, -0.15) is 0 Å². The minimum absolute atomic E-state index is 0.0562. The predicted octanol–water partition coefficient (Wildman–Crippen LogP) is 1.79. The van der Waals surface area contributed by atoms with E-state index < -0.39 is 12.0 Å². The molecule has 1 fully saturated rings. The van der Waals surface area contributed by atoms with Crippen LogP contribution in [0.1, 0.15) is 16.5 Å². The number of nitrogens with one attached hydrogen (secondary N) is 1. The van der Waals surface area contributed by atoms with Crippen LogP contribution in [0, 0.1) is 6.92 Å². The van der Waals surface area contributed by atoms with Crippen molar-refractivity contribution in [1.29, 1.82) is 0 Å². The molecule has 0 saturated carbocycles. The average Bonchev–Trinajstić information content (AvgIpc) is 2.78. The van der Waals surface area contributed by atoms with Crippen molar-refractivity contribution in [3.63, 3.8) is 0 Å². The Bertz CT molecular complexity index is 436. The lowest BCUT2D eigenvalue weighted by Gasteiger charge is -2.13. The van der Waals surface area contributed by atoms with Gasteiger partial charge in [-0.3, -0.25) is 10.1 Å². The summed E-state index contributed by atoms with van der Waals surface area (Å²) in [4.78, 5) is 10.8. The molecule has 1 aromatic carbocycles. The van der Waals surface area contributed by atoms with Gasteiger partial charge in [-0.05, 0) is 30.2 Å². The van der Waals surface area contributed by atoms with Gasteiger partial charge in [-0.15, -0.1) is 11.8 Å². The van der Waals surface area contributed by atoms with E-state index in [1.54, 1.807) is 18.9 Å². The van der Waals surface area contributed by atoms with Crippen LogP contribution in [0.3, 0.4) is 0 Å². The molecule has 0 bridgehead atoms. The highest BCUT2D eigenvalue weighted by Crippen LogP contribution is 2.34. The van der Waals surface area contributed by atoms with Gasteiger partial charge < -0.3 is 9.84 Å². The molecular formula is C12H15NO3S. The van der Waals surface area contributed by atoms with Crippen LogP contribution >= 0.6 is 11.8 Å². The topological polar surface area (TPSA) is 58.6 Å². The number of hydrogen-bond acceptors (Lipinski definition) is 4. The van der Waals surface area contributed by atoms with Crippen molar-refractivity contribution in [1.82, 2.24) is 5.32 Å². The van der Waals surface area contributed by atoms with E-state index in [1.807, 2.05) is 25.1 Å². The number of aryl methyl sites for hydroxylation is 1. The molecule has 1 saturated heterocycles. The van der Waals surface area contributed by atoms with Crippen LogP contribution in [-0.4, -0.2) is 30.0 Å². The lowest BCUT2D eigenvalue weighted by Crippen LogP contribution is -2.33. The third kappa shape index (κ3) is 2.56.